The molecule has 0 spiro atoms. The van der Waals surface area contributed by atoms with Gasteiger partial charge in [0.25, 0.3) is 0 Å². The molecule has 1 aliphatic rings. The second kappa shape index (κ2) is 6.36. The lowest BCUT2D eigenvalue weighted by molar-refractivity contribution is 0.550. The Morgan fingerprint density at radius 2 is 2.06 bits per heavy atom. The van der Waals surface area contributed by atoms with Crippen molar-refractivity contribution in [1.82, 2.24) is 4.98 Å². The molecular weight excluding hydrogens is 254 g/mol. The number of aromatic nitrogens is 1. The zero-order chi connectivity index (χ0) is 13.0. The fourth-order valence-corrected chi connectivity index (χ4v) is 3.30. The van der Waals surface area contributed by atoms with Gasteiger partial charge in [0.15, 0.2) is 17.5 Å². The average molecular weight is 272 g/mol. The number of nitrogens with one attached hydrogen (secondary N) is 1. The van der Waals surface area contributed by atoms with Gasteiger partial charge in [0, 0.05) is 18.4 Å². The molecule has 1 aromatic heterocycles. The van der Waals surface area contributed by atoms with Crippen molar-refractivity contribution in [3.8, 4) is 0 Å². The molecule has 5 heteroatoms. The van der Waals surface area contributed by atoms with Gasteiger partial charge in [-0.2, -0.15) is 0 Å². The minimum atomic E-state index is -0.625. The van der Waals surface area contributed by atoms with Crippen LogP contribution in [0.5, 0.6) is 0 Å². The molecule has 0 aliphatic heterocycles. The molecule has 0 saturated heterocycles. The zero-order valence-corrected chi connectivity index (χ0v) is 11.3. The normalized spacial score (nSPS) is 16.2. The Labute approximate surface area is 111 Å². The Morgan fingerprint density at radius 3 is 2.72 bits per heavy atom. The molecule has 0 bridgehead atoms. The highest BCUT2D eigenvalue weighted by Gasteiger charge is 2.18. The monoisotopic (exact) mass is 272 g/mol. The summed E-state index contributed by atoms with van der Waals surface area (Å²) in [6.45, 7) is 2.43. The van der Waals surface area contributed by atoms with E-state index < -0.39 is 11.6 Å². The van der Waals surface area contributed by atoms with E-state index in [0.717, 1.165) is 11.8 Å². The third-order valence-corrected chi connectivity index (χ3v) is 4.37. The first-order chi connectivity index (χ1) is 8.70. The molecule has 18 heavy (non-hydrogen) atoms. The van der Waals surface area contributed by atoms with Crippen molar-refractivity contribution in [2.45, 2.75) is 37.6 Å². The predicted octanol–water partition coefficient (Wildman–Crippen LogP) is 4.07. The van der Waals surface area contributed by atoms with Crippen molar-refractivity contribution in [1.29, 1.82) is 0 Å². The second-order valence-corrected chi connectivity index (χ2v) is 5.61. The van der Waals surface area contributed by atoms with Gasteiger partial charge < -0.3 is 5.32 Å². The number of nitrogens with zero attached hydrogens (tertiary/aromatic N) is 1. The highest BCUT2D eigenvalue weighted by atomic mass is 32.2. The molecule has 1 aromatic rings. The molecule has 1 saturated carbocycles. The molecule has 1 N–H and O–H groups in total. The van der Waals surface area contributed by atoms with Crippen LogP contribution >= 0.6 is 11.8 Å². The van der Waals surface area contributed by atoms with Crippen molar-refractivity contribution < 1.29 is 8.78 Å². The third-order valence-electron chi connectivity index (χ3n) is 3.17. The minimum absolute atomic E-state index is 0.146. The van der Waals surface area contributed by atoms with Crippen molar-refractivity contribution in [3.63, 3.8) is 0 Å². The van der Waals surface area contributed by atoms with Crippen LogP contribution in [-0.2, 0) is 0 Å². The Hall–Kier alpha value is -0.840. The number of hydrogen-bond acceptors (Lipinski definition) is 3. The van der Waals surface area contributed by atoms with Crippen LogP contribution in [0.4, 0.5) is 14.6 Å². The Kier molecular flexibility index (Phi) is 4.80. The van der Waals surface area contributed by atoms with Crippen molar-refractivity contribution in [2.24, 2.45) is 5.92 Å². The van der Waals surface area contributed by atoms with Crippen LogP contribution in [0.25, 0.3) is 0 Å². The molecule has 0 radical (unpaired) electrons. The van der Waals surface area contributed by atoms with Gasteiger partial charge in [-0.25, -0.2) is 13.8 Å². The highest BCUT2D eigenvalue weighted by molar-refractivity contribution is 7.99. The van der Waals surface area contributed by atoms with E-state index in [1.807, 2.05) is 6.92 Å². The summed E-state index contributed by atoms with van der Waals surface area (Å²) in [6.07, 6.45) is 4.98. The van der Waals surface area contributed by atoms with E-state index in [9.17, 15) is 8.78 Å². The predicted molar refractivity (Wildman–Crippen MR) is 71.0 cm³/mol. The summed E-state index contributed by atoms with van der Waals surface area (Å²) in [5.74, 6) is 0.495. The van der Waals surface area contributed by atoms with E-state index in [4.69, 9.17) is 0 Å². The number of pyridine rings is 1. The zero-order valence-electron chi connectivity index (χ0n) is 10.5. The van der Waals surface area contributed by atoms with E-state index in [2.05, 4.69) is 10.3 Å². The lowest BCUT2D eigenvalue weighted by Gasteiger charge is -2.10. The van der Waals surface area contributed by atoms with E-state index in [-0.39, 0.29) is 5.82 Å². The molecule has 0 aromatic carbocycles. The Balaban J connectivity index is 2.03. The fraction of sp³-hybridized carbons (Fsp3) is 0.615. The SMILES string of the molecule is CCNc1nc(SCC2CCCC2)c(F)cc1F. The molecule has 2 rings (SSSR count). The van der Waals surface area contributed by atoms with Crippen molar-refractivity contribution >= 4 is 17.6 Å². The second-order valence-electron chi connectivity index (χ2n) is 4.60. The standard InChI is InChI=1S/C13H18F2N2S/c1-2-16-12-10(14)7-11(15)13(17-12)18-8-9-5-3-4-6-9/h7,9H,2-6,8H2,1H3,(H,16,17). The Morgan fingerprint density at radius 1 is 1.33 bits per heavy atom. The van der Waals surface area contributed by atoms with E-state index in [1.165, 1.54) is 37.4 Å². The fourth-order valence-electron chi connectivity index (χ4n) is 2.22. The summed E-state index contributed by atoms with van der Waals surface area (Å²) in [5.41, 5.74) is 0. The minimum Gasteiger partial charge on any atom is -0.368 e. The third kappa shape index (κ3) is 3.34. The molecule has 1 heterocycles. The lowest BCUT2D eigenvalue weighted by atomic mass is 10.1. The van der Waals surface area contributed by atoms with Crippen LogP contribution in [0.2, 0.25) is 0 Å². The highest BCUT2D eigenvalue weighted by Crippen LogP contribution is 2.32. The number of hydrogen-bond donors (Lipinski definition) is 1. The summed E-state index contributed by atoms with van der Waals surface area (Å²) in [6, 6.07) is 0.919. The number of rotatable bonds is 5. The number of thioether (sulfide) groups is 1. The van der Waals surface area contributed by atoms with Crippen molar-refractivity contribution in [2.75, 3.05) is 17.6 Å². The topological polar surface area (TPSA) is 24.9 Å². The first-order valence-corrected chi connectivity index (χ1v) is 7.42. The molecular formula is C13H18F2N2S. The van der Waals surface area contributed by atoms with Crippen LogP contribution < -0.4 is 5.32 Å². The summed E-state index contributed by atoms with van der Waals surface area (Å²) < 4.78 is 27.0. The summed E-state index contributed by atoms with van der Waals surface area (Å²) in [7, 11) is 0. The molecule has 2 nitrogen and oxygen atoms in total. The lowest BCUT2D eigenvalue weighted by Crippen LogP contribution is -2.05. The van der Waals surface area contributed by atoms with E-state index in [1.54, 1.807) is 0 Å². The van der Waals surface area contributed by atoms with Crippen LogP contribution in [0.1, 0.15) is 32.6 Å². The maximum Gasteiger partial charge on any atom is 0.168 e. The first-order valence-electron chi connectivity index (χ1n) is 6.43. The molecule has 0 atom stereocenters. The molecule has 0 unspecified atom stereocenters. The summed E-state index contributed by atoms with van der Waals surface area (Å²) in [4.78, 5) is 4.02. The van der Waals surface area contributed by atoms with Gasteiger partial charge >= 0.3 is 0 Å². The van der Waals surface area contributed by atoms with Crippen LogP contribution in [0.15, 0.2) is 11.1 Å². The molecule has 0 amide bonds. The van der Waals surface area contributed by atoms with Gasteiger partial charge in [0.2, 0.25) is 0 Å². The van der Waals surface area contributed by atoms with Gasteiger partial charge in [-0.15, -0.1) is 11.8 Å². The smallest absolute Gasteiger partial charge is 0.168 e. The van der Waals surface area contributed by atoms with Gasteiger partial charge in [0.05, 0.1) is 0 Å². The van der Waals surface area contributed by atoms with E-state index in [0.29, 0.717) is 17.5 Å². The maximum atomic E-state index is 13.6. The van der Waals surface area contributed by atoms with Crippen LogP contribution in [0, 0.1) is 17.6 Å². The van der Waals surface area contributed by atoms with Gasteiger partial charge in [-0.1, -0.05) is 12.8 Å². The number of anilines is 1. The van der Waals surface area contributed by atoms with E-state index >= 15 is 0 Å². The average Bonchev–Trinajstić information content (AvgIpc) is 2.84. The van der Waals surface area contributed by atoms with Gasteiger partial charge in [-0.3, -0.25) is 0 Å². The van der Waals surface area contributed by atoms with Crippen LogP contribution in [0.3, 0.4) is 0 Å². The number of halogens is 2. The van der Waals surface area contributed by atoms with Gasteiger partial charge in [-0.05, 0) is 25.7 Å². The van der Waals surface area contributed by atoms with Crippen LogP contribution in [-0.4, -0.2) is 17.3 Å². The maximum absolute atomic E-state index is 13.6. The largest absolute Gasteiger partial charge is 0.368 e. The Bertz CT molecular complexity index is 406. The van der Waals surface area contributed by atoms with Gasteiger partial charge in [0.1, 0.15) is 5.03 Å². The van der Waals surface area contributed by atoms with Crippen molar-refractivity contribution in [3.05, 3.63) is 17.7 Å². The molecule has 1 fully saturated rings. The first kappa shape index (κ1) is 13.6. The quantitative estimate of drug-likeness (QED) is 0.818. The molecule has 100 valence electrons. The summed E-state index contributed by atoms with van der Waals surface area (Å²) in [5, 5.41) is 3.11. The molecule has 1 aliphatic carbocycles. The summed E-state index contributed by atoms with van der Waals surface area (Å²) >= 11 is 1.40.